The number of nitrogens with one attached hydrogen (secondary N) is 1. The Morgan fingerprint density at radius 1 is 1.40 bits per heavy atom. The van der Waals surface area contributed by atoms with Gasteiger partial charge < -0.3 is 9.84 Å². The van der Waals surface area contributed by atoms with Crippen LogP contribution in [0.15, 0.2) is 18.3 Å². The number of hydrogen-bond donors (Lipinski definition) is 2. The number of nitrogens with zero attached hydrogens (tertiary/aromatic N) is 1. The molecule has 1 heterocycles. The summed E-state index contributed by atoms with van der Waals surface area (Å²) in [6.45, 7) is 7.10. The number of anilines is 1. The highest BCUT2D eigenvalue weighted by Gasteiger charge is 2.19. The highest BCUT2D eigenvalue weighted by Crippen LogP contribution is 2.19. The van der Waals surface area contributed by atoms with E-state index < -0.39 is 23.6 Å². The summed E-state index contributed by atoms with van der Waals surface area (Å²) in [6, 6.07) is 3.20. The maximum atomic E-state index is 11.6. The van der Waals surface area contributed by atoms with Crippen molar-refractivity contribution in [1.82, 2.24) is 4.98 Å². The van der Waals surface area contributed by atoms with Gasteiger partial charge in [-0.15, -0.1) is 0 Å². The first kappa shape index (κ1) is 15.9. The van der Waals surface area contributed by atoms with E-state index in [2.05, 4.69) is 10.3 Å². The Morgan fingerprint density at radius 3 is 2.45 bits per heavy atom. The molecule has 0 bridgehead atoms. The van der Waals surface area contributed by atoms with E-state index in [9.17, 15) is 9.59 Å². The Bertz CT molecular complexity index is 477. The SMILES string of the molecule is CCC(C(=O)O)c1ccc(NC(=O)OC(C)(C)C)cn1. The summed E-state index contributed by atoms with van der Waals surface area (Å²) in [5.74, 6) is -1.54. The zero-order valence-corrected chi connectivity index (χ0v) is 12.1. The monoisotopic (exact) mass is 280 g/mol. The summed E-state index contributed by atoms with van der Waals surface area (Å²) in [4.78, 5) is 26.6. The number of carbonyl (C=O) groups excluding carboxylic acids is 1. The van der Waals surface area contributed by atoms with E-state index in [0.717, 1.165) is 0 Å². The maximum absolute atomic E-state index is 11.6. The lowest BCUT2D eigenvalue weighted by molar-refractivity contribution is -0.138. The molecule has 0 aliphatic carbocycles. The third-order valence-electron chi connectivity index (χ3n) is 2.50. The van der Waals surface area contributed by atoms with E-state index in [-0.39, 0.29) is 0 Å². The molecule has 1 aromatic rings. The van der Waals surface area contributed by atoms with Crippen LogP contribution in [-0.2, 0) is 9.53 Å². The molecule has 0 saturated carbocycles. The lowest BCUT2D eigenvalue weighted by atomic mass is 10.0. The average molecular weight is 280 g/mol. The van der Waals surface area contributed by atoms with Crippen LogP contribution in [0.3, 0.4) is 0 Å². The number of carbonyl (C=O) groups is 2. The van der Waals surface area contributed by atoms with Crippen molar-refractivity contribution in [3.63, 3.8) is 0 Å². The van der Waals surface area contributed by atoms with Crippen LogP contribution < -0.4 is 5.32 Å². The van der Waals surface area contributed by atoms with Gasteiger partial charge in [0.2, 0.25) is 0 Å². The van der Waals surface area contributed by atoms with Gasteiger partial charge in [-0.25, -0.2) is 4.79 Å². The number of ether oxygens (including phenoxy) is 1. The molecule has 0 aliphatic heterocycles. The fourth-order valence-electron chi connectivity index (χ4n) is 1.62. The lowest BCUT2D eigenvalue weighted by Crippen LogP contribution is -2.27. The van der Waals surface area contributed by atoms with E-state index in [1.165, 1.54) is 6.20 Å². The topological polar surface area (TPSA) is 88.5 Å². The fourth-order valence-corrected chi connectivity index (χ4v) is 1.62. The van der Waals surface area contributed by atoms with Crippen molar-refractivity contribution < 1.29 is 19.4 Å². The molecule has 2 N–H and O–H groups in total. The number of carboxylic acid groups (broad SMARTS) is 1. The fraction of sp³-hybridized carbons (Fsp3) is 0.500. The molecular weight excluding hydrogens is 260 g/mol. The minimum absolute atomic E-state index is 0.459. The molecule has 20 heavy (non-hydrogen) atoms. The molecule has 6 nitrogen and oxygen atoms in total. The third kappa shape index (κ3) is 4.87. The average Bonchev–Trinajstić information content (AvgIpc) is 2.29. The van der Waals surface area contributed by atoms with Gasteiger partial charge in [0.1, 0.15) is 5.60 Å². The Hall–Kier alpha value is -2.11. The Kier molecular flexibility index (Phi) is 5.07. The zero-order chi connectivity index (χ0) is 15.3. The van der Waals surface area contributed by atoms with Crippen LogP contribution in [0.1, 0.15) is 45.7 Å². The molecular formula is C14H20N2O4. The summed E-state index contributed by atoms with van der Waals surface area (Å²) >= 11 is 0. The van der Waals surface area contributed by atoms with E-state index in [4.69, 9.17) is 9.84 Å². The Labute approximate surface area is 118 Å². The lowest BCUT2D eigenvalue weighted by Gasteiger charge is -2.19. The van der Waals surface area contributed by atoms with Crippen molar-refractivity contribution in [3.05, 3.63) is 24.0 Å². The van der Waals surface area contributed by atoms with E-state index in [0.29, 0.717) is 17.8 Å². The van der Waals surface area contributed by atoms with E-state index in [1.54, 1.807) is 39.8 Å². The summed E-state index contributed by atoms with van der Waals surface area (Å²) < 4.78 is 5.11. The van der Waals surface area contributed by atoms with Crippen molar-refractivity contribution in [3.8, 4) is 0 Å². The standard InChI is InChI=1S/C14H20N2O4/c1-5-10(12(17)18)11-7-6-9(8-15-11)16-13(19)20-14(2,3)4/h6-8,10H,5H2,1-4H3,(H,16,19)(H,17,18). The first-order valence-electron chi connectivity index (χ1n) is 6.41. The summed E-state index contributed by atoms with van der Waals surface area (Å²) in [6.07, 6.45) is 1.31. The van der Waals surface area contributed by atoms with Gasteiger partial charge in [0, 0.05) is 0 Å². The minimum atomic E-state index is -0.909. The Morgan fingerprint density at radius 2 is 2.05 bits per heavy atom. The summed E-state index contributed by atoms with van der Waals surface area (Å²) in [7, 11) is 0. The number of hydrogen-bond acceptors (Lipinski definition) is 4. The predicted octanol–water partition coefficient (Wildman–Crippen LogP) is 3.01. The van der Waals surface area contributed by atoms with Crippen LogP contribution in [0.2, 0.25) is 0 Å². The van der Waals surface area contributed by atoms with Crippen LogP contribution in [0.5, 0.6) is 0 Å². The smallest absolute Gasteiger partial charge is 0.412 e. The van der Waals surface area contributed by atoms with Crippen molar-refractivity contribution in [2.24, 2.45) is 0 Å². The van der Waals surface area contributed by atoms with Crippen LogP contribution >= 0.6 is 0 Å². The van der Waals surface area contributed by atoms with Crippen LogP contribution in [0, 0.1) is 0 Å². The molecule has 0 fully saturated rings. The van der Waals surface area contributed by atoms with Crippen LogP contribution in [-0.4, -0.2) is 27.8 Å². The number of amides is 1. The van der Waals surface area contributed by atoms with Crippen molar-refractivity contribution in [2.75, 3.05) is 5.32 Å². The molecule has 1 atom stereocenters. The molecule has 0 radical (unpaired) electrons. The molecule has 0 aromatic carbocycles. The molecule has 1 rings (SSSR count). The number of aromatic nitrogens is 1. The van der Waals surface area contributed by atoms with Gasteiger partial charge in [-0.1, -0.05) is 6.92 Å². The number of pyridine rings is 1. The van der Waals surface area contributed by atoms with E-state index >= 15 is 0 Å². The minimum Gasteiger partial charge on any atom is -0.481 e. The number of aliphatic carboxylic acids is 1. The molecule has 110 valence electrons. The number of carboxylic acids is 1. The molecule has 6 heteroatoms. The van der Waals surface area contributed by atoms with Crippen molar-refractivity contribution >= 4 is 17.7 Å². The van der Waals surface area contributed by atoms with Gasteiger partial charge >= 0.3 is 12.1 Å². The second-order valence-corrected chi connectivity index (χ2v) is 5.40. The zero-order valence-electron chi connectivity index (χ0n) is 12.1. The van der Waals surface area contributed by atoms with Crippen LogP contribution in [0.25, 0.3) is 0 Å². The highest BCUT2D eigenvalue weighted by atomic mass is 16.6. The van der Waals surface area contributed by atoms with Crippen molar-refractivity contribution in [2.45, 2.75) is 45.6 Å². The van der Waals surface area contributed by atoms with Crippen LogP contribution in [0.4, 0.5) is 10.5 Å². The first-order valence-corrected chi connectivity index (χ1v) is 6.41. The molecule has 1 unspecified atom stereocenters. The summed E-state index contributed by atoms with van der Waals surface area (Å²) in [5, 5.41) is 11.6. The van der Waals surface area contributed by atoms with Gasteiger partial charge in [0.05, 0.1) is 23.5 Å². The predicted molar refractivity (Wildman–Crippen MR) is 74.8 cm³/mol. The van der Waals surface area contributed by atoms with Crippen molar-refractivity contribution in [1.29, 1.82) is 0 Å². The van der Waals surface area contributed by atoms with Gasteiger partial charge in [-0.3, -0.25) is 15.1 Å². The molecule has 0 spiro atoms. The normalized spacial score (nSPS) is 12.6. The van der Waals surface area contributed by atoms with Gasteiger partial charge in [-0.05, 0) is 39.3 Å². The third-order valence-corrected chi connectivity index (χ3v) is 2.50. The maximum Gasteiger partial charge on any atom is 0.412 e. The Balaban J connectivity index is 2.72. The largest absolute Gasteiger partial charge is 0.481 e. The summed E-state index contributed by atoms with van der Waals surface area (Å²) in [5.41, 5.74) is 0.353. The first-order chi connectivity index (χ1) is 9.23. The highest BCUT2D eigenvalue weighted by molar-refractivity contribution is 5.84. The second kappa shape index (κ2) is 6.36. The van der Waals surface area contributed by atoms with Gasteiger partial charge in [0.25, 0.3) is 0 Å². The molecule has 0 saturated heterocycles. The molecule has 1 amide bonds. The second-order valence-electron chi connectivity index (χ2n) is 5.40. The molecule has 0 aliphatic rings. The molecule has 1 aromatic heterocycles. The number of rotatable bonds is 4. The van der Waals surface area contributed by atoms with E-state index in [1.807, 2.05) is 0 Å². The van der Waals surface area contributed by atoms with Gasteiger partial charge in [0.15, 0.2) is 0 Å². The van der Waals surface area contributed by atoms with Gasteiger partial charge in [-0.2, -0.15) is 0 Å². The quantitative estimate of drug-likeness (QED) is 0.885.